The number of fused-ring (bicyclic) bond motifs is 1. The number of benzene rings is 3. The molecule has 0 bridgehead atoms. The van der Waals surface area contributed by atoms with E-state index in [0.717, 1.165) is 33.2 Å². The van der Waals surface area contributed by atoms with Crippen LogP contribution in [0.4, 0.5) is 0 Å². The summed E-state index contributed by atoms with van der Waals surface area (Å²) < 4.78 is 8.66. The molecule has 4 aromatic rings. The molecule has 156 valence electrons. The van der Waals surface area contributed by atoms with E-state index in [-0.39, 0.29) is 12.5 Å². The Morgan fingerprint density at radius 2 is 1.84 bits per heavy atom. The van der Waals surface area contributed by atoms with E-state index in [9.17, 15) is 4.79 Å². The number of hydrogen-bond donors (Lipinski definition) is 1. The SMILES string of the molecule is Cc1c(/C=N\NC(=O)COc2cccc(Br)c2)c2ccccc2n1Cc1ccccc1. The van der Waals surface area contributed by atoms with Gasteiger partial charge in [0.25, 0.3) is 5.91 Å². The molecule has 3 aromatic carbocycles. The molecule has 6 heteroatoms. The van der Waals surface area contributed by atoms with Crippen molar-refractivity contribution in [1.29, 1.82) is 0 Å². The first-order valence-electron chi connectivity index (χ1n) is 9.94. The van der Waals surface area contributed by atoms with Gasteiger partial charge >= 0.3 is 0 Å². The molecule has 1 aromatic heterocycles. The smallest absolute Gasteiger partial charge is 0.277 e. The Morgan fingerprint density at radius 1 is 1.06 bits per heavy atom. The van der Waals surface area contributed by atoms with E-state index in [1.165, 1.54) is 5.56 Å². The normalized spacial score (nSPS) is 11.2. The van der Waals surface area contributed by atoms with Crippen molar-refractivity contribution in [2.45, 2.75) is 13.5 Å². The maximum atomic E-state index is 12.1. The van der Waals surface area contributed by atoms with Gasteiger partial charge in [-0.15, -0.1) is 0 Å². The van der Waals surface area contributed by atoms with E-state index in [2.05, 4.69) is 62.2 Å². The fourth-order valence-corrected chi connectivity index (χ4v) is 3.88. The van der Waals surface area contributed by atoms with Crippen LogP contribution in [0.25, 0.3) is 10.9 Å². The fourth-order valence-electron chi connectivity index (χ4n) is 3.50. The van der Waals surface area contributed by atoms with Gasteiger partial charge in [-0.2, -0.15) is 5.10 Å². The Kier molecular flexibility index (Phi) is 6.48. The maximum Gasteiger partial charge on any atom is 0.277 e. The second kappa shape index (κ2) is 9.62. The van der Waals surface area contributed by atoms with E-state index in [1.54, 1.807) is 12.3 Å². The standard InChI is InChI=1S/C25H22BrN3O2/c1-18-23(15-27-28-25(30)17-31-21-11-7-10-20(26)14-21)22-12-5-6-13-24(22)29(18)16-19-8-3-2-4-9-19/h2-15H,16-17H2,1H3,(H,28,30)/b27-15-. The maximum absolute atomic E-state index is 12.1. The largest absolute Gasteiger partial charge is 0.484 e. The van der Waals surface area contributed by atoms with Gasteiger partial charge in [0.05, 0.1) is 6.21 Å². The van der Waals surface area contributed by atoms with Crippen LogP contribution >= 0.6 is 15.9 Å². The van der Waals surface area contributed by atoms with E-state index < -0.39 is 0 Å². The van der Waals surface area contributed by atoms with E-state index in [1.807, 2.05) is 48.5 Å². The average Bonchev–Trinajstić information content (AvgIpc) is 3.04. The lowest BCUT2D eigenvalue weighted by molar-refractivity contribution is -0.123. The Labute approximate surface area is 189 Å². The lowest BCUT2D eigenvalue weighted by Gasteiger charge is -2.08. The minimum atomic E-state index is -0.318. The zero-order valence-corrected chi connectivity index (χ0v) is 18.7. The molecule has 0 spiro atoms. The molecule has 0 atom stereocenters. The first kappa shape index (κ1) is 20.9. The number of rotatable bonds is 7. The van der Waals surface area contributed by atoms with Crippen molar-refractivity contribution < 1.29 is 9.53 Å². The summed E-state index contributed by atoms with van der Waals surface area (Å²) in [7, 11) is 0. The van der Waals surface area contributed by atoms with Crippen molar-refractivity contribution in [3.8, 4) is 5.75 Å². The summed E-state index contributed by atoms with van der Waals surface area (Å²) in [5, 5.41) is 5.27. The molecule has 5 nitrogen and oxygen atoms in total. The topological polar surface area (TPSA) is 55.6 Å². The Bertz CT molecular complexity index is 1230. The van der Waals surface area contributed by atoms with Gasteiger partial charge in [0.1, 0.15) is 5.75 Å². The predicted octanol–water partition coefficient (Wildman–Crippen LogP) is 5.29. The van der Waals surface area contributed by atoms with Gasteiger partial charge in [-0.1, -0.05) is 70.5 Å². The van der Waals surface area contributed by atoms with E-state index in [4.69, 9.17) is 4.74 Å². The van der Waals surface area contributed by atoms with Crippen LogP contribution < -0.4 is 10.2 Å². The Hall–Kier alpha value is -3.38. The third-order valence-electron chi connectivity index (χ3n) is 5.01. The summed E-state index contributed by atoms with van der Waals surface area (Å²) in [6.45, 7) is 2.74. The van der Waals surface area contributed by atoms with Crippen LogP contribution in [-0.4, -0.2) is 23.3 Å². The summed E-state index contributed by atoms with van der Waals surface area (Å²) in [6, 6.07) is 25.9. The fraction of sp³-hybridized carbons (Fsp3) is 0.120. The second-order valence-electron chi connectivity index (χ2n) is 7.13. The van der Waals surface area contributed by atoms with Gasteiger partial charge < -0.3 is 9.30 Å². The third kappa shape index (κ3) is 5.03. The lowest BCUT2D eigenvalue weighted by Crippen LogP contribution is -2.24. The predicted molar refractivity (Wildman–Crippen MR) is 128 cm³/mol. The minimum Gasteiger partial charge on any atom is -0.484 e. The number of nitrogens with one attached hydrogen (secondary N) is 1. The van der Waals surface area contributed by atoms with Crippen LogP contribution in [0.3, 0.4) is 0 Å². The summed E-state index contributed by atoms with van der Waals surface area (Å²) >= 11 is 3.38. The summed E-state index contributed by atoms with van der Waals surface area (Å²) in [5.74, 6) is 0.301. The molecule has 0 fully saturated rings. The molecular formula is C25H22BrN3O2. The van der Waals surface area contributed by atoms with Crippen molar-refractivity contribution in [2.24, 2.45) is 5.10 Å². The molecule has 0 unspecified atom stereocenters. The Morgan fingerprint density at radius 3 is 2.65 bits per heavy atom. The highest BCUT2D eigenvalue weighted by Crippen LogP contribution is 2.25. The number of amides is 1. The zero-order valence-electron chi connectivity index (χ0n) is 17.1. The zero-order chi connectivity index (χ0) is 21.6. The average molecular weight is 476 g/mol. The van der Waals surface area contributed by atoms with Gasteiger partial charge in [-0.25, -0.2) is 5.43 Å². The van der Waals surface area contributed by atoms with Crippen LogP contribution in [0.2, 0.25) is 0 Å². The summed E-state index contributed by atoms with van der Waals surface area (Å²) in [4.78, 5) is 12.1. The van der Waals surface area contributed by atoms with Crippen molar-refractivity contribution in [2.75, 3.05) is 6.61 Å². The number of carbonyl (C=O) groups is 1. The minimum absolute atomic E-state index is 0.109. The van der Waals surface area contributed by atoms with Crippen molar-refractivity contribution in [1.82, 2.24) is 9.99 Å². The second-order valence-corrected chi connectivity index (χ2v) is 8.04. The van der Waals surface area contributed by atoms with Crippen LogP contribution in [-0.2, 0) is 11.3 Å². The highest BCUT2D eigenvalue weighted by molar-refractivity contribution is 9.10. The van der Waals surface area contributed by atoms with Gasteiger partial charge in [0.15, 0.2) is 6.61 Å². The van der Waals surface area contributed by atoms with Crippen molar-refractivity contribution in [3.63, 3.8) is 0 Å². The van der Waals surface area contributed by atoms with Gasteiger partial charge in [-0.05, 0) is 36.8 Å². The molecular weight excluding hydrogens is 454 g/mol. The highest BCUT2D eigenvalue weighted by Gasteiger charge is 2.12. The van der Waals surface area contributed by atoms with Gasteiger partial charge in [0, 0.05) is 33.2 Å². The number of hydrogen-bond acceptors (Lipinski definition) is 3. The molecule has 0 aliphatic rings. The van der Waals surface area contributed by atoms with Crippen LogP contribution in [0, 0.1) is 6.92 Å². The van der Waals surface area contributed by atoms with Crippen LogP contribution in [0.1, 0.15) is 16.8 Å². The van der Waals surface area contributed by atoms with Crippen LogP contribution in [0.15, 0.2) is 88.4 Å². The molecule has 0 saturated heterocycles. The molecule has 31 heavy (non-hydrogen) atoms. The quantitative estimate of drug-likeness (QED) is 0.291. The highest BCUT2D eigenvalue weighted by atomic mass is 79.9. The number of aromatic nitrogens is 1. The molecule has 1 amide bonds. The molecule has 1 heterocycles. The lowest BCUT2D eigenvalue weighted by atomic mass is 10.1. The third-order valence-corrected chi connectivity index (χ3v) is 5.51. The Balaban J connectivity index is 1.48. The first-order chi connectivity index (χ1) is 15.1. The number of halogens is 1. The number of ether oxygens (including phenoxy) is 1. The molecule has 4 rings (SSSR count). The number of nitrogens with zero attached hydrogens (tertiary/aromatic N) is 2. The van der Waals surface area contributed by atoms with Crippen LogP contribution in [0.5, 0.6) is 5.75 Å². The van der Waals surface area contributed by atoms with Gasteiger partial charge in [-0.3, -0.25) is 4.79 Å². The number of hydrazone groups is 1. The van der Waals surface area contributed by atoms with Gasteiger partial charge in [0.2, 0.25) is 0 Å². The summed E-state index contributed by atoms with van der Waals surface area (Å²) in [5.41, 5.74) is 6.99. The molecule has 0 aliphatic carbocycles. The molecule has 1 N–H and O–H groups in total. The molecule has 0 saturated carbocycles. The first-order valence-corrected chi connectivity index (χ1v) is 10.7. The number of carbonyl (C=O) groups excluding carboxylic acids is 1. The number of para-hydroxylation sites is 1. The molecule has 0 radical (unpaired) electrons. The summed E-state index contributed by atoms with van der Waals surface area (Å²) in [6.07, 6.45) is 1.70. The van der Waals surface area contributed by atoms with Crippen molar-refractivity contribution in [3.05, 3.63) is 100 Å². The van der Waals surface area contributed by atoms with E-state index >= 15 is 0 Å². The monoisotopic (exact) mass is 475 g/mol. The molecule has 0 aliphatic heterocycles. The van der Waals surface area contributed by atoms with Crippen molar-refractivity contribution >= 4 is 39.0 Å². The van der Waals surface area contributed by atoms with E-state index in [0.29, 0.717) is 5.75 Å².